The maximum atomic E-state index is 11.3. The molecule has 0 aliphatic carbocycles. The zero-order valence-electron chi connectivity index (χ0n) is 12.5. The summed E-state index contributed by atoms with van der Waals surface area (Å²) in [6, 6.07) is 2.44. The summed E-state index contributed by atoms with van der Waals surface area (Å²) in [5, 5.41) is 13.9. The van der Waals surface area contributed by atoms with Crippen molar-refractivity contribution in [3.05, 3.63) is 33.4 Å². The molecule has 0 aliphatic rings. The number of hydrogen-bond donors (Lipinski definition) is 2. The number of ether oxygens (including phenoxy) is 1. The fourth-order valence-corrected chi connectivity index (χ4v) is 1.91. The lowest BCUT2D eigenvalue weighted by Crippen LogP contribution is -2.45. The number of nitro groups is 1. The fourth-order valence-electron chi connectivity index (χ4n) is 1.91. The molecule has 1 amide bonds. The Kier molecular flexibility index (Phi) is 6.10. The number of primary amides is 1. The van der Waals surface area contributed by atoms with E-state index in [0.29, 0.717) is 17.9 Å². The lowest BCUT2D eigenvalue weighted by molar-refractivity contribution is -0.385. The maximum Gasteiger partial charge on any atom is 0.276 e. The van der Waals surface area contributed by atoms with E-state index in [0.717, 1.165) is 12.0 Å². The molecular weight excluding hydrogens is 274 g/mol. The zero-order valence-corrected chi connectivity index (χ0v) is 12.5. The van der Waals surface area contributed by atoms with E-state index in [1.165, 1.54) is 6.07 Å². The summed E-state index contributed by atoms with van der Waals surface area (Å²) in [6.07, 6.45) is 0.860. The topological polar surface area (TPSA) is 107 Å². The van der Waals surface area contributed by atoms with Gasteiger partial charge in [0, 0.05) is 5.56 Å². The summed E-state index contributed by atoms with van der Waals surface area (Å²) < 4.78 is 5.54. The van der Waals surface area contributed by atoms with Gasteiger partial charge in [-0.1, -0.05) is 6.92 Å². The van der Waals surface area contributed by atoms with Crippen molar-refractivity contribution in [2.75, 3.05) is 13.2 Å². The number of carbonyl (C=O) groups is 1. The van der Waals surface area contributed by atoms with Gasteiger partial charge in [-0.15, -0.1) is 0 Å². The number of nitro benzene ring substituents is 1. The Labute approximate surface area is 123 Å². The molecule has 1 aromatic rings. The predicted octanol–water partition coefficient (Wildman–Crippen LogP) is 1.44. The van der Waals surface area contributed by atoms with Crippen LogP contribution < -0.4 is 15.8 Å². The number of rotatable bonds is 8. The first-order valence-corrected chi connectivity index (χ1v) is 6.78. The van der Waals surface area contributed by atoms with Crippen molar-refractivity contribution in [2.24, 2.45) is 5.73 Å². The van der Waals surface area contributed by atoms with Gasteiger partial charge in [-0.3, -0.25) is 14.9 Å². The second kappa shape index (κ2) is 7.58. The highest BCUT2D eigenvalue weighted by atomic mass is 16.6. The van der Waals surface area contributed by atoms with Gasteiger partial charge in [0.05, 0.1) is 11.0 Å². The summed E-state index contributed by atoms with van der Waals surface area (Å²) in [6.45, 7) is 6.12. The molecule has 0 spiro atoms. The van der Waals surface area contributed by atoms with E-state index in [-0.39, 0.29) is 12.3 Å². The van der Waals surface area contributed by atoms with Crippen molar-refractivity contribution in [1.82, 2.24) is 5.32 Å². The molecule has 0 radical (unpaired) electrons. The van der Waals surface area contributed by atoms with E-state index in [9.17, 15) is 14.9 Å². The number of aryl methyl sites for hydroxylation is 2. The number of nitrogens with two attached hydrogens (primary N) is 1. The molecule has 1 aromatic carbocycles. The largest absolute Gasteiger partial charge is 0.491 e. The lowest BCUT2D eigenvalue weighted by Gasteiger charge is -2.17. The summed E-state index contributed by atoms with van der Waals surface area (Å²) in [5.41, 5.74) is 6.63. The molecule has 7 nitrogen and oxygen atoms in total. The number of benzene rings is 1. The molecular formula is C14H21N3O4. The van der Waals surface area contributed by atoms with Crippen molar-refractivity contribution in [3.8, 4) is 5.75 Å². The van der Waals surface area contributed by atoms with Gasteiger partial charge in [0.2, 0.25) is 5.91 Å². The number of carbonyl (C=O) groups excluding carboxylic acids is 1. The van der Waals surface area contributed by atoms with Crippen molar-refractivity contribution >= 4 is 11.6 Å². The average Bonchev–Trinajstić information content (AvgIpc) is 2.39. The van der Waals surface area contributed by atoms with Gasteiger partial charge in [0.25, 0.3) is 5.69 Å². The second-order valence-corrected chi connectivity index (χ2v) is 4.88. The van der Waals surface area contributed by atoms with Gasteiger partial charge in [-0.2, -0.15) is 0 Å². The second-order valence-electron chi connectivity index (χ2n) is 4.88. The molecule has 0 bridgehead atoms. The molecule has 0 saturated heterocycles. The highest BCUT2D eigenvalue weighted by Crippen LogP contribution is 2.28. The third-order valence-electron chi connectivity index (χ3n) is 3.08. The van der Waals surface area contributed by atoms with Crippen molar-refractivity contribution in [2.45, 2.75) is 33.2 Å². The molecule has 21 heavy (non-hydrogen) atoms. The van der Waals surface area contributed by atoms with Crippen LogP contribution in [0.4, 0.5) is 5.69 Å². The summed E-state index contributed by atoms with van der Waals surface area (Å²) in [5.74, 6) is -0.125. The van der Waals surface area contributed by atoms with Crippen LogP contribution in [-0.4, -0.2) is 30.0 Å². The molecule has 0 aliphatic heterocycles. The first-order chi connectivity index (χ1) is 9.86. The fraction of sp³-hybridized carbons (Fsp3) is 0.500. The van der Waals surface area contributed by atoms with Crippen LogP contribution in [0.1, 0.15) is 24.5 Å². The molecule has 0 aromatic heterocycles. The Morgan fingerprint density at radius 2 is 2.10 bits per heavy atom. The molecule has 3 N–H and O–H groups in total. The van der Waals surface area contributed by atoms with E-state index in [4.69, 9.17) is 10.5 Å². The van der Waals surface area contributed by atoms with Gasteiger partial charge in [0.15, 0.2) is 0 Å². The van der Waals surface area contributed by atoms with Crippen LogP contribution in [0.3, 0.4) is 0 Å². The molecule has 0 heterocycles. The molecule has 0 fully saturated rings. The van der Waals surface area contributed by atoms with Crippen LogP contribution in [0, 0.1) is 24.0 Å². The highest BCUT2D eigenvalue weighted by Gasteiger charge is 2.18. The predicted molar refractivity (Wildman–Crippen MR) is 79.3 cm³/mol. The minimum Gasteiger partial charge on any atom is -0.491 e. The van der Waals surface area contributed by atoms with Gasteiger partial charge in [-0.25, -0.2) is 0 Å². The van der Waals surface area contributed by atoms with Crippen molar-refractivity contribution < 1.29 is 14.5 Å². The van der Waals surface area contributed by atoms with Crippen molar-refractivity contribution in [3.63, 3.8) is 0 Å². The lowest BCUT2D eigenvalue weighted by atomic mass is 10.1. The van der Waals surface area contributed by atoms with Crippen LogP contribution in [0.15, 0.2) is 12.1 Å². The summed E-state index contributed by atoms with van der Waals surface area (Å²) in [4.78, 5) is 21.8. The Balaban J connectivity index is 2.84. The molecule has 1 unspecified atom stereocenters. The van der Waals surface area contributed by atoms with Crippen LogP contribution in [-0.2, 0) is 4.79 Å². The number of amides is 1. The number of nitrogens with one attached hydrogen (secondary N) is 1. The Hall–Kier alpha value is -2.15. The van der Waals surface area contributed by atoms with E-state index in [1.54, 1.807) is 19.9 Å². The van der Waals surface area contributed by atoms with E-state index in [1.807, 2.05) is 6.92 Å². The molecule has 1 atom stereocenters. The quantitative estimate of drug-likeness (QED) is 0.557. The zero-order chi connectivity index (χ0) is 16.0. The van der Waals surface area contributed by atoms with Crippen LogP contribution in [0.25, 0.3) is 0 Å². The van der Waals surface area contributed by atoms with Gasteiger partial charge in [0.1, 0.15) is 18.4 Å². The highest BCUT2D eigenvalue weighted by molar-refractivity contribution is 5.80. The Bertz CT molecular complexity index is 531. The molecule has 7 heteroatoms. The van der Waals surface area contributed by atoms with E-state index < -0.39 is 16.9 Å². The summed E-state index contributed by atoms with van der Waals surface area (Å²) in [7, 11) is 0. The average molecular weight is 295 g/mol. The first-order valence-electron chi connectivity index (χ1n) is 6.78. The minimum atomic E-state index is -0.621. The van der Waals surface area contributed by atoms with E-state index >= 15 is 0 Å². The minimum absolute atomic E-state index is 0.00672. The van der Waals surface area contributed by atoms with Crippen LogP contribution in [0.2, 0.25) is 0 Å². The smallest absolute Gasteiger partial charge is 0.276 e. The van der Waals surface area contributed by atoms with E-state index in [2.05, 4.69) is 5.32 Å². The maximum absolute atomic E-state index is 11.3. The van der Waals surface area contributed by atoms with Gasteiger partial charge < -0.3 is 15.8 Å². The van der Waals surface area contributed by atoms with Crippen LogP contribution in [0.5, 0.6) is 5.75 Å². The number of nitrogens with zero attached hydrogens (tertiary/aromatic N) is 1. The van der Waals surface area contributed by atoms with Gasteiger partial charge >= 0.3 is 0 Å². The SMILES string of the molecule is CCCNC(COc1cc([N+](=O)[O-])c(C)cc1C)C(N)=O. The standard InChI is InChI=1S/C14H21N3O4/c1-4-5-16-11(14(15)18)8-21-13-7-12(17(19)20)9(2)6-10(13)3/h6-7,11,16H,4-5,8H2,1-3H3,(H2,15,18). The van der Waals surface area contributed by atoms with Crippen LogP contribution >= 0.6 is 0 Å². The third-order valence-corrected chi connectivity index (χ3v) is 3.08. The molecule has 1 rings (SSSR count). The first kappa shape index (κ1) is 16.9. The normalized spacial score (nSPS) is 12.0. The third kappa shape index (κ3) is 4.71. The Morgan fingerprint density at radius 3 is 2.62 bits per heavy atom. The Morgan fingerprint density at radius 1 is 1.43 bits per heavy atom. The monoisotopic (exact) mass is 295 g/mol. The number of hydrogen-bond acceptors (Lipinski definition) is 5. The summed E-state index contributed by atoms with van der Waals surface area (Å²) >= 11 is 0. The molecule has 116 valence electrons. The molecule has 0 saturated carbocycles. The van der Waals surface area contributed by atoms with Crippen molar-refractivity contribution in [1.29, 1.82) is 0 Å². The van der Waals surface area contributed by atoms with Gasteiger partial charge in [-0.05, 0) is 38.4 Å².